The Bertz CT molecular complexity index is 467. The highest BCUT2D eigenvalue weighted by Crippen LogP contribution is 2.27. The SMILES string of the molecule is CCS(=O)(=O)CCNC(=O)NC1(C(=O)O)CCCCCC1. The summed E-state index contributed by atoms with van der Waals surface area (Å²) >= 11 is 0. The molecule has 0 unspecified atom stereocenters. The lowest BCUT2D eigenvalue weighted by Crippen LogP contribution is -2.57. The molecule has 1 aliphatic rings. The lowest BCUT2D eigenvalue weighted by Gasteiger charge is -2.29. The van der Waals surface area contributed by atoms with E-state index in [0.717, 1.165) is 25.7 Å². The maximum absolute atomic E-state index is 11.8. The van der Waals surface area contributed by atoms with Crippen molar-refractivity contribution in [2.45, 2.75) is 51.0 Å². The monoisotopic (exact) mass is 320 g/mol. The van der Waals surface area contributed by atoms with E-state index in [0.29, 0.717) is 12.8 Å². The van der Waals surface area contributed by atoms with Crippen molar-refractivity contribution in [3.63, 3.8) is 0 Å². The number of sulfone groups is 1. The predicted octanol–water partition coefficient (Wildman–Crippen LogP) is 0.898. The van der Waals surface area contributed by atoms with Crippen LogP contribution in [0.4, 0.5) is 4.79 Å². The molecule has 0 heterocycles. The van der Waals surface area contributed by atoms with Crippen molar-refractivity contribution in [2.24, 2.45) is 0 Å². The van der Waals surface area contributed by atoms with E-state index in [2.05, 4.69) is 10.6 Å². The molecule has 1 saturated carbocycles. The Morgan fingerprint density at radius 2 is 1.71 bits per heavy atom. The average molecular weight is 320 g/mol. The fourth-order valence-corrected chi connectivity index (χ4v) is 3.15. The number of nitrogens with one attached hydrogen (secondary N) is 2. The van der Waals surface area contributed by atoms with Gasteiger partial charge in [0.1, 0.15) is 5.54 Å². The van der Waals surface area contributed by atoms with Gasteiger partial charge in [0.2, 0.25) is 0 Å². The average Bonchev–Trinajstić information content (AvgIpc) is 2.65. The van der Waals surface area contributed by atoms with Crippen molar-refractivity contribution in [1.82, 2.24) is 10.6 Å². The molecule has 8 heteroatoms. The van der Waals surface area contributed by atoms with Gasteiger partial charge in [0.25, 0.3) is 0 Å². The van der Waals surface area contributed by atoms with Gasteiger partial charge in [-0.25, -0.2) is 18.0 Å². The molecular weight excluding hydrogens is 296 g/mol. The Balaban J connectivity index is 2.55. The van der Waals surface area contributed by atoms with E-state index < -0.39 is 27.4 Å². The van der Waals surface area contributed by atoms with Crippen LogP contribution in [0, 0.1) is 0 Å². The molecule has 0 radical (unpaired) electrons. The van der Waals surface area contributed by atoms with Gasteiger partial charge < -0.3 is 15.7 Å². The first-order valence-electron chi connectivity index (χ1n) is 7.31. The minimum absolute atomic E-state index is 0.0162. The van der Waals surface area contributed by atoms with E-state index in [1.54, 1.807) is 6.92 Å². The molecule has 0 aromatic heterocycles. The first-order chi connectivity index (χ1) is 9.81. The van der Waals surface area contributed by atoms with Gasteiger partial charge in [-0.05, 0) is 12.8 Å². The Kier molecular flexibility index (Phi) is 6.44. The third-order valence-electron chi connectivity index (χ3n) is 3.86. The van der Waals surface area contributed by atoms with E-state index in [1.165, 1.54) is 0 Å². The van der Waals surface area contributed by atoms with Gasteiger partial charge in [0.05, 0.1) is 5.75 Å². The predicted molar refractivity (Wildman–Crippen MR) is 78.9 cm³/mol. The highest BCUT2D eigenvalue weighted by molar-refractivity contribution is 7.91. The molecule has 3 N–H and O–H groups in total. The summed E-state index contributed by atoms with van der Waals surface area (Å²) in [7, 11) is -3.14. The van der Waals surface area contributed by atoms with Crippen LogP contribution in [0.3, 0.4) is 0 Å². The number of urea groups is 1. The normalized spacial score (nSPS) is 18.5. The van der Waals surface area contributed by atoms with Gasteiger partial charge in [-0.2, -0.15) is 0 Å². The van der Waals surface area contributed by atoms with Crippen molar-refractivity contribution in [3.05, 3.63) is 0 Å². The minimum Gasteiger partial charge on any atom is -0.480 e. The third kappa shape index (κ3) is 5.53. The molecular formula is C13H24N2O5S. The maximum Gasteiger partial charge on any atom is 0.329 e. The molecule has 0 aromatic rings. The van der Waals surface area contributed by atoms with Crippen LogP contribution in [-0.4, -0.2) is 49.1 Å². The van der Waals surface area contributed by atoms with Gasteiger partial charge in [0, 0.05) is 12.3 Å². The summed E-state index contributed by atoms with van der Waals surface area (Å²) in [5.74, 6) is -1.15. The Hall–Kier alpha value is -1.31. The van der Waals surface area contributed by atoms with E-state index in [-0.39, 0.29) is 18.1 Å². The molecule has 7 nitrogen and oxygen atoms in total. The second-order valence-corrected chi connectivity index (χ2v) is 7.89. The van der Waals surface area contributed by atoms with E-state index in [1.807, 2.05) is 0 Å². The van der Waals surface area contributed by atoms with Gasteiger partial charge in [-0.1, -0.05) is 32.6 Å². The zero-order valence-electron chi connectivity index (χ0n) is 12.4. The van der Waals surface area contributed by atoms with Crippen molar-refractivity contribution in [1.29, 1.82) is 0 Å². The first-order valence-corrected chi connectivity index (χ1v) is 9.13. The molecule has 0 saturated heterocycles. The minimum atomic E-state index is -3.14. The summed E-state index contributed by atoms with van der Waals surface area (Å²) in [4.78, 5) is 23.3. The molecule has 1 rings (SSSR count). The highest BCUT2D eigenvalue weighted by Gasteiger charge is 2.40. The molecule has 2 amide bonds. The number of amides is 2. The largest absolute Gasteiger partial charge is 0.480 e. The summed E-state index contributed by atoms with van der Waals surface area (Å²) in [6, 6.07) is -0.620. The Labute approximate surface area is 125 Å². The lowest BCUT2D eigenvalue weighted by atomic mass is 9.90. The molecule has 0 aromatic carbocycles. The molecule has 0 spiro atoms. The number of aliphatic carboxylic acids is 1. The van der Waals surface area contributed by atoms with Crippen molar-refractivity contribution >= 4 is 21.8 Å². The van der Waals surface area contributed by atoms with Crippen LogP contribution in [0.1, 0.15) is 45.4 Å². The van der Waals surface area contributed by atoms with Crippen LogP contribution in [0.15, 0.2) is 0 Å². The number of hydrogen-bond donors (Lipinski definition) is 3. The summed E-state index contributed by atoms with van der Waals surface area (Å²) in [5.41, 5.74) is -1.23. The fourth-order valence-electron chi connectivity index (χ4n) is 2.45. The van der Waals surface area contributed by atoms with Crippen molar-refractivity contribution in [2.75, 3.05) is 18.1 Å². The molecule has 0 bridgehead atoms. The summed E-state index contributed by atoms with van der Waals surface area (Å²) in [6.45, 7) is 1.53. The number of carboxylic acids is 1. The zero-order valence-corrected chi connectivity index (χ0v) is 13.2. The molecule has 1 fully saturated rings. The second-order valence-electron chi connectivity index (χ2n) is 5.42. The number of rotatable bonds is 6. The summed E-state index contributed by atoms with van der Waals surface area (Å²) in [5, 5.41) is 14.4. The number of hydrogen-bond acceptors (Lipinski definition) is 4. The molecule has 122 valence electrons. The summed E-state index contributed by atoms with van der Waals surface area (Å²) < 4.78 is 22.6. The zero-order chi connectivity index (χ0) is 15.9. The van der Waals surface area contributed by atoms with Crippen LogP contribution in [0.5, 0.6) is 0 Å². The highest BCUT2D eigenvalue weighted by atomic mass is 32.2. The second kappa shape index (κ2) is 7.63. The van der Waals surface area contributed by atoms with Gasteiger partial charge >= 0.3 is 12.0 Å². The van der Waals surface area contributed by atoms with Gasteiger partial charge in [-0.3, -0.25) is 0 Å². The number of carbonyl (C=O) groups is 2. The van der Waals surface area contributed by atoms with Crippen molar-refractivity contribution in [3.8, 4) is 0 Å². The maximum atomic E-state index is 11.8. The van der Waals surface area contributed by atoms with E-state index >= 15 is 0 Å². The van der Waals surface area contributed by atoms with Gasteiger partial charge in [-0.15, -0.1) is 0 Å². The fraction of sp³-hybridized carbons (Fsp3) is 0.846. The molecule has 1 aliphatic carbocycles. The van der Waals surface area contributed by atoms with Crippen LogP contribution in [0.25, 0.3) is 0 Å². The van der Waals surface area contributed by atoms with Gasteiger partial charge in [0.15, 0.2) is 9.84 Å². The lowest BCUT2D eigenvalue weighted by molar-refractivity contribution is -0.145. The standard InChI is InChI=1S/C13H24N2O5S/c1-2-21(19,20)10-9-14-12(18)15-13(11(16)17)7-5-3-4-6-8-13/h2-10H2,1H3,(H,16,17)(H2,14,15,18). The Morgan fingerprint density at radius 1 is 1.14 bits per heavy atom. The topological polar surface area (TPSA) is 113 Å². The van der Waals surface area contributed by atoms with E-state index in [4.69, 9.17) is 0 Å². The smallest absolute Gasteiger partial charge is 0.329 e. The van der Waals surface area contributed by atoms with E-state index in [9.17, 15) is 23.1 Å². The number of carboxylic acid groups (broad SMARTS) is 1. The number of carbonyl (C=O) groups excluding carboxylic acids is 1. The van der Waals surface area contributed by atoms with Crippen LogP contribution in [0.2, 0.25) is 0 Å². The summed E-state index contributed by atoms with van der Waals surface area (Å²) in [6.07, 6.45) is 4.26. The van der Waals surface area contributed by atoms with Crippen LogP contribution >= 0.6 is 0 Å². The van der Waals surface area contributed by atoms with Crippen LogP contribution < -0.4 is 10.6 Å². The Morgan fingerprint density at radius 3 is 2.19 bits per heavy atom. The molecule has 0 atom stereocenters. The quantitative estimate of drug-likeness (QED) is 0.629. The first kappa shape index (κ1) is 17.7. The van der Waals surface area contributed by atoms with Crippen LogP contribution in [-0.2, 0) is 14.6 Å². The van der Waals surface area contributed by atoms with Crippen molar-refractivity contribution < 1.29 is 23.1 Å². The third-order valence-corrected chi connectivity index (χ3v) is 5.56. The molecule has 21 heavy (non-hydrogen) atoms. The molecule has 0 aliphatic heterocycles.